The molecule has 0 spiro atoms. The SMILES string of the molecule is CCNC(=O)c1ccc(N)cc1NC1CC(OCC)C1. The van der Waals surface area contributed by atoms with Crippen LogP contribution in [0.5, 0.6) is 0 Å². The molecule has 0 aromatic heterocycles. The Morgan fingerprint density at radius 1 is 1.40 bits per heavy atom. The molecule has 2 rings (SSSR count). The van der Waals surface area contributed by atoms with Crippen LogP contribution in [0.3, 0.4) is 0 Å². The van der Waals surface area contributed by atoms with Crippen LogP contribution in [0.15, 0.2) is 18.2 Å². The molecule has 1 fully saturated rings. The van der Waals surface area contributed by atoms with Gasteiger partial charge in [-0.3, -0.25) is 4.79 Å². The lowest BCUT2D eigenvalue weighted by molar-refractivity contribution is 0.00299. The van der Waals surface area contributed by atoms with Crippen molar-refractivity contribution in [3.8, 4) is 0 Å². The maximum absolute atomic E-state index is 12.0. The first-order chi connectivity index (χ1) is 9.63. The maximum atomic E-state index is 12.0. The fourth-order valence-electron chi connectivity index (χ4n) is 2.41. The molecule has 0 bridgehead atoms. The predicted octanol–water partition coefficient (Wildman–Crippen LogP) is 2.00. The molecular formula is C15H23N3O2. The van der Waals surface area contributed by atoms with E-state index in [9.17, 15) is 4.79 Å². The van der Waals surface area contributed by atoms with Gasteiger partial charge in [0.25, 0.3) is 5.91 Å². The molecule has 0 unspecified atom stereocenters. The lowest BCUT2D eigenvalue weighted by Gasteiger charge is -2.36. The van der Waals surface area contributed by atoms with E-state index < -0.39 is 0 Å². The minimum atomic E-state index is -0.0734. The summed E-state index contributed by atoms with van der Waals surface area (Å²) in [7, 11) is 0. The second-order valence-electron chi connectivity index (χ2n) is 5.05. The second-order valence-corrected chi connectivity index (χ2v) is 5.05. The van der Waals surface area contributed by atoms with Crippen LogP contribution in [-0.2, 0) is 4.74 Å². The van der Waals surface area contributed by atoms with Crippen LogP contribution in [0.4, 0.5) is 11.4 Å². The standard InChI is InChI=1S/C15H23N3O2/c1-3-17-15(19)13-6-5-10(16)7-14(13)18-11-8-12(9-11)20-4-2/h5-7,11-12,18H,3-4,8-9,16H2,1-2H3,(H,17,19). The number of rotatable bonds is 6. The second kappa shape index (κ2) is 6.61. The van der Waals surface area contributed by atoms with Crippen molar-refractivity contribution in [1.29, 1.82) is 0 Å². The number of carbonyl (C=O) groups is 1. The van der Waals surface area contributed by atoms with Crippen molar-refractivity contribution in [2.45, 2.75) is 38.8 Å². The third-order valence-corrected chi connectivity index (χ3v) is 3.48. The molecule has 0 saturated heterocycles. The molecule has 1 aliphatic carbocycles. The normalized spacial score (nSPS) is 21.1. The van der Waals surface area contributed by atoms with Crippen molar-refractivity contribution < 1.29 is 9.53 Å². The van der Waals surface area contributed by atoms with Crippen molar-refractivity contribution in [3.63, 3.8) is 0 Å². The maximum Gasteiger partial charge on any atom is 0.253 e. The third kappa shape index (κ3) is 3.42. The Morgan fingerprint density at radius 3 is 2.80 bits per heavy atom. The van der Waals surface area contributed by atoms with Gasteiger partial charge in [-0.2, -0.15) is 0 Å². The summed E-state index contributed by atoms with van der Waals surface area (Å²) in [5.74, 6) is -0.0734. The van der Waals surface area contributed by atoms with E-state index in [2.05, 4.69) is 10.6 Å². The summed E-state index contributed by atoms with van der Waals surface area (Å²) < 4.78 is 5.54. The summed E-state index contributed by atoms with van der Waals surface area (Å²) in [4.78, 5) is 12.0. The van der Waals surface area contributed by atoms with Gasteiger partial charge in [-0.15, -0.1) is 0 Å². The van der Waals surface area contributed by atoms with Crippen molar-refractivity contribution in [3.05, 3.63) is 23.8 Å². The molecule has 4 N–H and O–H groups in total. The number of hydrogen-bond donors (Lipinski definition) is 3. The summed E-state index contributed by atoms with van der Waals surface area (Å²) in [6.45, 7) is 5.27. The van der Waals surface area contributed by atoms with E-state index in [4.69, 9.17) is 10.5 Å². The Hall–Kier alpha value is -1.75. The van der Waals surface area contributed by atoms with Gasteiger partial charge in [-0.1, -0.05) is 0 Å². The predicted molar refractivity (Wildman–Crippen MR) is 80.9 cm³/mol. The highest BCUT2D eigenvalue weighted by Crippen LogP contribution is 2.29. The highest BCUT2D eigenvalue weighted by molar-refractivity contribution is 6.00. The zero-order valence-electron chi connectivity index (χ0n) is 12.1. The van der Waals surface area contributed by atoms with E-state index in [0.717, 1.165) is 25.1 Å². The summed E-state index contributed by atoms with van der Waals surface area (Å²) >= 11 is 0. The Balaban J connectivity index is 2.03. The number of hydrogen-bond acceptors (Lipinski definition) is 4. The molecule has 1 saturated carbocycles. The highest BCUT2D eigenvalue weighted by Gasteiger charge is 2.30. The lowest BCUT2D eigenvalue weighted by Crippen LogP contribution is -2.41. The lowest BCUT2D eigenvalue weighted by atomic mass is 9.88. The average Bonchev–Trinajstić information content (AvgIpc) is 2.36. The van der Waals surface area contributed by atoms with Crippen LogP contribution < -0.4 is 16.4 Å². The number of nitrogens with two attached hydrogens (primary N) is 1. The number of amides is 1. The first kappa shape index (κ1) is 14.7. The molecule has 20 heavy (non-hydrogen) atoms. The van der Waals surface area contributed by atoms with Crippen LogP contribution in [0.2, 0.25) is 0 Å². The number of anilines is 2. The summed E-state index contributed by atoms with van der Waals surface area (Å²) in [5, 5.41) is 6.21. The van der Waals surface area contributed by atoms with Gasteiger partial charge in [0.05, 0.1) is 11.7 Å². The van der Waals surface area contributed by atoms with E-state index in [0.29, 0.717) is 29.9 Å². The van der Waals surface area contributed by atoms with E-state index in [-0.39, 0.29) is 5.91 Å². The van der Waals surface area contributed by atoms with Gasteiger partial charge >= 0.3 is 0 Å². The molecule has 1 aromatic rings. The molecule has 1 amide bonds. The quantitative estimate of drug-likeness (QED) is 0.695. The van der Waals surface area contributed by atoms with Gasteiger partial charge < -0.3 is 21.1 Å². The molecule has 0 heterocycles. The topological polar surface area (TPSA) is 76.4 Å². The van der Waals surface area contributed by atoms with E-state index in [1.807, 2.05) is 19.9 Å². The van der Waals surface area contributed by atoms with Crippen molar-refractivity contribution in [2.24, 2.45) is 0 Å². The highest BCUT2D eigenvalue weighted by atomic mass is 16.5. The van der Waals surface area contributed by atoms with Crippen molar-refractivity contribution in [2.75, 3.05) is 24.2 Å². The summed E-state index contributed by atoms with van der Waals surface area (Å²) in [6.07, 6.45) is 2.28. The Bertz CT molecular complexity index is 470. The molecule has 110 valence electrons. The fraction of sp³-hybridized carbons (Fsp3) is 0.533. The van der Waals surface area contributed by atoms with Crippen LogP contribution in [0.25, 0.3) is 0 Å². The minimum absolute atomic E-state index is 0.0734. The number of benzene rings is 1. The van der Waals surface area contributed by atoms with Gasteiger partial charge in [0.2, 0.25) is 0 Å². The molecule has 5 heteroatoms. The van der Waals surface area contributed by atoms with E-state index in [1.54, 1.807) is 12.1 Å². The van der Waals surface area contributed by atoms with Gasteiger partial charge in [0.15, 0.2) is 0 Å². The fourth-order valence-corrected chi connectivity index (χ4v) is 2.41. The monoisotopic (exact) mass is 277 g/mol. The smallest absolute Gasteiger partial charge is 0.253 e. The third-order valence-electron chi connectivity index (χ3n) is 3.48. The Labute approximate surface area is 119 Å². The molecule has 0 atom stereocenters. The van der Waals surface area contributed by atoms with Crippen molar-refractivity contribution in [1.82, 2.24) is 5.32 Å². The molecule has 1 aliphatic rings. The zero-order chi connectivity index (χ0) is 14.5. The molecule has 0 radical (unpaired) electrons. The van der Waals surface area contributed by atoms with Gasteiger partial charge in [-0.05, 0) is 44.9 Å². The Morgan fingerprint density at radius 2 is 2.15 bits per heavy atom. The van der Waals surface area contributed by atoms with Crippen molar-refractivity contribution >= 4 is 17.3 Å². The first-order valence-electron chi connectivity index (χ1n) is 7.19. The molecule has 0 aliphatic heterocycles. The first-order valence-corrected chi connectivity index (χ1v) is 7.19. The van der Waals surface area contributed by atoms with Crippen LogP contribution in [0, 0.1) is 0 Å². The molecule has 5 nitrogen and oxygen atoms in total. The Kier molecular flexibility index (Phi) is 4.84. The number of carbonyl (C=O) groups excluding carboxylic acids is 1. The minimum Gasteiger partial charge on any atom is -0.399 e. The van der Waals surface area contributed by atoms with Crippen LogP contribution in [-0.4, -0.2) is 31.2 Å². The van der Waals surface area contributed by atoms with Gasteiger partial charge in [0, 0.05) is 30.6 Å². The number of nitrogen functional groups attached to an aromatic ring is 1. The molecule has 1 aromatic carbocycles. The van der Waals surface area contributed by atoms with Crippen LogP contribution in [0.1, 0.15) is 37.0 Å². The van der Waals surface area contributed by atoms with Crippen LogP contribution >= 0.6 is 0 Å². The summed E-state index contributed by atoms with van der Waals surface area (Å²) in [5.41, 5.74) is 7.91. The average molecular weight is 277 g/mol. The largest absolute Gasteiger partial charge is 0.399 e. The van der Waals surface area contributed by atoms with E-state index in [1.165, 1.54) is 0 Å². The van der Waals surface area contributed by atoms with Gasteiger partial charge in [0.1, 0.15) is 0 Å². The number of nitrogens with one attached hydrogen (secondary N) is 2. The zero-order valence-corrected chi connectivity index (χ0v) is 12.1. The molecular weight excluding hydrogens is 254 g/mol. The van der Waals surface area contributed by atoms with E-state index >= 15 is 0 Å². The summed E-state index contributed by atoms with van der Waals surface area (Å²) in [6, 6.07) is 5.68. The van der Waals surface area contributed by atoms with Gasteiger partial charge in [-0.25, -0.2) is 0 Å². The number of ether oxygens (including phenoxy) is 1.